The summed E-state index contributed by atoms with van der Waals surface area (Å²) >= 11 is 0. The highest BCUT2D eigenvalue weighted by Gasteiger charge is 2.23. The van der Waals surface area contributed by atoms with Crippen LogP contribution in [0.25, 0.3) is 11.3 Å². The summed E-state index contributed by atoms with van der Waals surface area (Å²) in [5, 5.41) is 6.77. The molecule has 45 heavy (non-hydrogen) atoms. The lowest BCUT2D eigenvalue weighted by Gasteiger charge is -2.21. The van der Waals surface area contributed by atoms with E-state index in [-0.39, 0.29) is 5.69 Å². The average molecular weight is 629 g/mol. The van der Waals surface area contributed by atoms with E-state index in [1.807, 2.05) is 32.8 Å². The van der Waals surface area contributed by atoms with Crippen molar-refractivity contribution in [1.82, 2.24) is 20.3 Å². The van der Waals surface area contributed by atoms with Crippen LogP contribution in [0, 0.1) is 11.6 Å². The summed E-state index contributed by atoms with van der Waals surface area (Å²) in [7, 11) is 5.27. The van der Waals surface area contributed by atoms with E-state index in [0.717, 1.165) is 30.4 Å². The molecule has 0 unspecified atom stereocenters. The number of unbranched alkanes of at least 4 members (excludes halogenated alkanes) is 1. The first kappa shape index (κ1) is 38.2. The predicted molar refractivity (Wildman–Crippen MR) is 173 cm³/mol. The second kappa shape index (κ2) is 20.2. The monoisotopic (exact) mass is 628 g/mol. The molecule has 2 aromatic rings. The predicted octanol–water partition coefficient (Wildman–Crippen LogP) is 6.93. The molecular weight excluding hydrogens is 588 g/mol. The molecule has 0 aliphatic heterocycles. The van der Waals surface area contributed by atoms with Crippen LogP contribution in [0.3, 0.4) is 0 Å². The Morgan fingerprint density at radius 3 is 2.27 bits per heavy atom. The van der Waals surface area contributed by atoms with E-state index in [0.29, 0.717) is 40.9 Å². The Morgan fingerprint density at radius 2 is 1.78 bits per heavy atom. The molecule has 242 valence electrons. The maximum Gasteiger partial charge on any atom is 0.268 e. The van der Waals surface area contributed by atoms with E-state index in [4.69, 9.17) is 0 Å². The second-order valence-corrected chi connectivity index (χ2v) is 9.69. The van der Waals surface area contributed by atoms with Crippen LogP contribution in [0.5, 0.6) is 0 Å². The first-order valence-corrected chi connectivity index (χ1v) is 14.0. The normalized spacial score (nSPS) is 13.2. The molecule has 8 nitrogen and oxygen atoms in total. The van der Waals surface area contributed by atoms with Gasteiger partial charge in [0.25, 0.3) is 6.43 Å². The third-order valence-corrected chi connectivity index (χ3v) is 6.05. The van der Waals surface area contributed by atoms with Gasteiger partial charge in [-0.1, -0.05) is 37.3 Å². The number of hydrogen-bond acceptors (Lipinski definition) is 8. The van der Waals surface area contributed by atoms with Crippen molar-refractivity contribution in [3.8, 4) is 0 Å². The second-order valence-electron chi connectivity index (χ2n) is 9.69. The maximum atomic E-state index is 14.1. The number of carbonyl (C=O) groups excluding carboxylic acids is 2. The van der Waals surface area contributed by atoms with Gasteiger partial charge in [-0.15, -0.1) is 0 Å². The van der Waals surface area contributed by atoms with Gasteiger partial charge in [0.2, 0.25) is 0 Å². The van der Waals surface area contributed by atoms with Gasteiger partial charge in [-0.2, -0.15) is 5.10 Å². The van der Waals surface area contributed by atoms with Gasteiger partial charge in [0.15, 0.2) is 17.5 Å². The summed E-state index contributed by atoms with van der Waals surface area (Å²) in [5.41, 5.74) is 4.60. The Kier molecular flexibility index (Phi) is 17.1. The topological polar surface area (TPSA) is 99.6 Å². The van der Waals surface area contributed by atoms with Crippen molar-refractivity contribution < 1.29 is 27.2 Å². The standard InChI is InChI=1S/C29H32F4N6O.C4H8O/c1-7-18(2)14-20(19(3)38-24-10-9-23(30)27(31)26(24)28(32)33)8-11-25(39(5)6)22-15-35-29(36-16-22)21(12-13-40)17-37-34-4;1-2-3-4-5/h7-17,19,28,34,38H,1H2,2-6H3;4H,2-3H2,1H3/b18-14-,20-8-,21-12+,25-11-,37-17-;/t19-;/m1./s1. The van der Waals surface area contributed by atoms with Gasteiger partial charge in [0.05, 0.1) is 11.8 Å². The molecule has 1 aromatic carbocycles. The van der Waals surface area contributed by atoms with E-state index in [2.05, 4.69) is 32.4 Å². The number of hydrogen-bond donors (Lipinski definition) is 2. The van der Waals surface area contributed by atoms with Gasteiger partial charge in [0, 0.05) is 68.5 Å². The van der Waals surface area contributed by atoms with Gasteiger partial charge in [0.1, 0.15) is 12.6 Å². The van der Waals surface area contributed by atoms with Crippen LogP contribution in [0.1, 0.15) is 57.0 Å². The quantitative estimate of drug-likeness (QED) is 0.0551. The molecule has 0 saturated heterocycles. The van der Waals surface area contributed by atoms with Crippen molar-refractivity contribution in [3.63, 3.8) is 0 Å². The number of anilines is 1. The third kappa shape index (κ3) is 12.3. The number of halogens is 4. The van der Waals surface area contributed by atoms with Crippen molar-refractivity contribution >= 4 is 35.7 Å². The van der Waals surface area contributed by atoms with E-state index < -0.39 is 29.7 Å². The van der Waals surface area contributed by atoms with Crippen LogP contribution >= 0.6 is 0 Å². The van der Waals surface area contributed by atoms with Gasteiger partial charge >= 0.3 is 0 Å². The molecule has 0 spiro atoms. The first-order chi connectivity index (χ1) is 21.4. The Bertz CT molecular complexity index is 1430. The van der Waals surface area contributed by atoms with Crippen LogP contribution < -0.4 is 10.7 Å². The number of aldehydes is 2. The fraction of sp³-hybridized carbons (Fsp3) is 0.303. The van der Waals surface area contributed by atoms with Crippen LogP contribution in [0.4, 0.5) is 23.2 Å². The average Bonchev–Trinajstić information content (AvgIpc) is 3.01. The molecule has 12 heteroatoms. The molecule has 0 saturated carbocycles. The summed E-state index contributed by atoms with van der Waals surface area (Å²) in [6.07, 6.45) is 12.9. The van der Waals surface area contributed by atoms with E-state index >= 15 is 0 Å². The van der Waals surface area contributed by atoms with Gasteiger partial charge in [-0.05, 0) is 50.1 Å². The molecule has 1 atom stereocenters. The zero-order valence-corrected chi connectivity index (χ0v) is 26.3. The summed E-state index contributed by atoms with van der Waals surface area (Å²) in [6.45, 7) is 9.27. The van der Waals surface area contributed by atoms with Crippen molar-refractivity contribution in [2.45, 2.75) is 46.1 Å². The van der Waals surface area contributed by atoms with Crippen LogP contribution in [0.15, 0.2) is 77.7 Å². The SMILES string of the molecule is C=C\C(C)=C/C(=C/C=C(/c1cnc(C(/C=N\NC)=C/C=O)nc1)N(C)C)[C@@H](C)Nc1ccc(F)c(F)c1C(F)F.CCCC=O. The maximum absolute atomic E-state index is 14.1. The Morgan fingerprint density at radius 1 is 1.11 bits per heavy atom. The number of alkyl halides is 2. The number of rotatable bonds is 15. The Labute approximate surface area is 262 Å². The molecular formula is C33H40F4N6O2. The van der Waals surface area contributed by atoms with Crippen molar-refractivity contribution in [1.29, 1.82) is 0 Å². The number of nitrogens with one attached hydrogen (secondary N) is 2. The molecule has 1 aromatic heterocycles. The zero-order valence-electron chi connectivity index (χ0n) is 26.3. The number of aromatic nitrogens is 2. The lowest BCUT2D eigenvalue weighted by Crippen LogP contribution is -2.19. The molecule has 0 aliphatic carbocycles. The smallest absolute Gasteiger partial charge is 0.268 e. The minimum atomic E-state index is -3.21. The molecule has 0 bridgehead atoms. The molecule has 2 rings (SSSR count). The summed E-state index contributed by atoms with van der Waals surface area (Å²) in [4.78, 5) is 30.9. The molecule has 0 radical (unpaired) electrons. The third-order valence-electron chi connectivity index (χ3n) is 6.05. The number of nitrogens with zero attached hydrogens (tertiary/aromatic N) is 4. The van der Waals surface area contributed by atoms with E-state index in [1.165, 1.54) is 12.3 Å². The largest absolute Gasteiger partial charge is 0.378 e. The minimum Gasteiger partial charge on any atom is -0.378 e. The van der Waals surface area contributed by atoms with Crippen molar-refractivity contribution in [3.05, 3.63) is 101 Å². The zero-order chi connectivity index (χ0) is 33.9. The van der Waals surface area contributed by atoms with Gasteiger partial charge in [-0.25, -0.2) is 27.5 Å². The highest BCUT2D eigenvalue weighted by atomic mass is 19.3. The first-order valence-electron chi connectivity index (χ1n) is 14.0. The Balaban J connectivity index is 0.00000187. The Hall–Kier alpha value is -4.87. The number of hydrazone groups is 1. The molecule has 1 heterocycles. The molecule has 0 fully saturated rings. The van der Waals surface area contributed by atoms with Crippen molar-refractivity contribution in [2.75, 3.05) is 26.5 Å². The van der Waals surface area contributed by atoms with Crippen LogP contribution in [0.2, 0.25) is 0 Å². The highest BCUT2D eigenvalue weighted by molar-refractivity contribution is 6.11. The van der Waals surface area contributed by atoms with Gasteiger partial charge in [-0.3, -0.25) is 4.79 Å². The van der Waals surface area contributed by atoms with Crippen molar-refractivity contribution in [2.24, 2.45) is 5.10 Å². The van der Waals surface area contributed by atoms with Crippen LogP contribution in [-0.4, -0.2) is 60.8 Å². The summed E-state index contributed by atoms with van der Waals surface area (Å²) in [6, 6.07) is 1.31. The lowest BCUT2D eigenvalue weighted by molar-refractivity contribution is -0.108. The summed E-state index contributed by atoms with van der Waals surface area (Å²) in [5.74, 6) is -2.63. The minimum absolute atomic E-state index is 0.209. The summed E-state index contributed by atoms with van der Waals surface area (Å²) < 4.78 is 54.9. The molecule has 0 amide bonds. The fourth-order valence-electron chi connectivity index (χ4n) is 3.65. The van der Waals surface area contributed by atoms with Gasteiger partial charge < -0.3 is 20.4 Å². The molecule has 0 aliphatic rings. The van der Waals surface area contributed by atoms with Crippen LogP contribution in [-0.2, 0) is 9.59 Å². The number of carbonyl (C=O) groups is 2. The highest BCUT2D eigenvalue weighted by Crippen LogP contribution is 2.32. The lowest BCUT2D eigenvalue weighted by atomic mass is 10.0. The van der Waals surface area contributed by atoms with E-state index in [1.54, 1.807) is 50.7 Å². The fourth-order valence-corrected chi connectivity index (χ4v) is 3.65. The number of allylic oxidation sites excluding steroid dienone is 6. The number of benzene rings is 1. The molecule has 2 N–H and O–H groups in total. The van der Waals surface area contributed by atoms with E-state index in [9.17, 15) is 27.2 Å².